The third-order valence-electron chi connectivity index (χ3n) is 2.70. The largest absolute Gasteiger partial charge is 0.422 e. The van der Waals surface area contributed by atoms with E-state index in [1.54, 1.807) is 6.92 Å². The minimum absolute atomic E-state index is 0.187. The molecule has 0 amide bonds. The number of rotatable bonds is 2. The lowest BCUT2D eigenvalue weighted by molar-refractivity contribution is 0.407. The normalized spacial score (nSPS) is 26.5. The van der Waals surface area contributed by atoms with Gasteiger partial charge in [0.25, 0.3) is 0 Å². The van der Waals surface area contributed by atoms with Crippen molar-refractivity contribution >= 4 is 9.84 Å². The second-order valence-corrected chi connectivity index (χ2v) is 6.42. The van der Waals surface area contributed by atoms with Crippen LogP contribution in [0, 0.1) is 0 Å². The monoisotopic (exact) mass is 245 g/mol. The zero-order valence-corrected chi connectivity index (χ0v) is 9.90. The number of aromatic nitrogens is 2. The molecule has 90 valence electrons. The van der Waals surface area contributed by atoms with Crippen LogP contribution in [0.15, 0.2) is 4.42 Å². The van der Waals surface area contributed by atoms with Crippen LogP contribution in [0.5, 0.6) is 0 Å². The first kappa shape index (κ1) is 11.5. The van der Waals surface area contributed by atoms with Gasteiger partial charge >= 0.3 is 0 Å². The summed E-state index contributed by atoms with van der Waals surface area (Å²) in [4.78, 5) is 0. The fraction of sp³-hybridized carbons (Fsp3) is 0.778. The first-order valence-corrected chi connectivity index (χ1v) is 7.02. The van der Waals surface area contributed by atoms with Gasteiger partial charge in [0, 0.05) is 0 Å². The second-order valence-electron chi connectivity index (χ2n) is 4.12. The van der Waals surface area contributed by atoms with Crippen molar-refractivity contribution < 1.29 is 12.8 Å². The Hall–Kier alpha value is -0.950. The molecule has 2 rings (SSSR count). The van der Waals surface area contributed by atoms with Gasteiger partial charge in [-0.25, -0.2) is 8.42 Å². The highest BCUT2D eigenvalue weighted by Gasteiger charge is 2.34. The molecule has 2 atom stereocenters. The Balaban J connectivity index is 2.29. The first-order valence-electron chi connectivity index (χ1n) is 5.31. The lowest BCUT2D eigenvalue weighted by Crippen LogP contribution is -2.21. The van der Waals surface area contributed by atoms with Gasteiger partial charge in [0.1, 0.15) is 5.25 Å². The topological polar surface area (TPSA) is 99.1 Å². The van der Waals surface area contributed by atoms with Crippen molar-refractivity contribution in [2.75, 3.05) is 5.75 Å². The van der Waals surface area contributed by atoms with Crippen molar-refractivity contribution in [3.05, 3.63) is 11.8 Å². The summed E-state index contributed by atoms with van der Waals surface area (Å²) in [6, 6.07) is -0.368. The van der Waals surface area contributed by atoms with Crippen molar-refractivity contribution in [2.45, 2.75) is 37.5 Å². The molecule has 1 aliphatic heterocycles. The third kappa shape index (κ3) is 2.10. The van der Waals surface area contributed by atoms with Gasteiger partial charge in [0.15, 0.2) is 9.84 Å². The molecule has 16 heavy (non-hydrogen) atoms. The van der Waals surface area contributed by atoms with Crippen LogP contribution in [0.2, 0.25) is 0 Å². The summed E-state index contributed by atoms with van der Waals surface area (Å²) in [5, 5.41) is 6.89. The average molecular weight is 245 g/mol. The quantitative estimate of drug-likeness (QED) is 0.824. The molecule has 0 bridgehead atoms. The van der Waals surface area contributed by atoms with Crippen LogP contribution in [-0.4, -0.2) is 24.4 Å². The molecule has 0 spiro atoms. The predicted octanol–water partition coefficient (Wildman–Crippen LogP) is 0.729. The molecule has 1 fully saturated rings. The molecular formula is C9H15N3O3S. The summed E-state index contributed by atoms with van der Waals surface area (Å²) in [5.41, 5.74) is 5.58. The molecule has 0 aliphatic carbocycles. The van der Waals surface area contributed by atoms with Crippen LogP contribution in [-0.2, 0) is 9.84 Å². The maximum atomic E-state index is 11.8. The fourth-order valence-corrected chi connectivity index (χ4v) is 3.61. The van der Waals surface area contributed by atoms with Crippen LogP contribution >= 0.6 is 0 Å². The van der Waals surface area contributed by atoms with Gasteiger partial charge in [-0.1, -0.05) is 6.42 Å². The van der Waals surface area contributed by atoms with Crippen LogP contribution in [0.1, 0.15) is 49.3 Å². The Morgan fingerprint density at radius 3 is 2.75 bits per heavy atom. The molecule has 0 aromatic carbocycles. The van der Waals surface area contributed by atoms with Crippen molar-refractivity contribution in [3.8, 4) is 0 Å². The van der Waals surface area contributed by atoms with Crippen molar-refractivity contribution in [2.24, 2.45) is 5.73 Å². The van der Waals surface area contributed by atoms with E-state index >= 15 is 0 Å². The Labute approximate surface area is 94.1 Å². The van der Waals surface area contributed by atoms with Crippen molar-refractivity contribution in [1.29, 1.82) is 0 Å². The van der Waals surface area contributed by atoms with Gasteiger partial charge in [-0.3, -0.25) is 0 Å². The third-order valence-corrected chi connectivity index (χ3v) is 4.86. The van der Waals surface area contributed by atoms with E-state index in [-0.39, 0.29) is 23.6 Å². The van der Waals surface area contributed by atoms with E-state index in [9.17, 15) is 8.42 Å². The van der Waals surface area contributed by atoms with E-state index in [1.165, 1.54) is 0 Å². The zero-order valence-electron chi connectivity index (χ0n) is 9.09. The molecule has 2 heterocycles. The minimum Gasteiger partial charge on any atom is -0.422 e. The summed E-state index contributed by atoms with van der Waals surface area (Å²) in [5.74, 6) is 0.677. The molecule has 0 saturated carbocycles. The zero-order chi connectivity index (χ0) is 11.8. The number of sulfone groups is 1. The van der Waals surface area contributed by atoms with Gasteiger partial charge in [0.2, 0.25) is 11.8 Å². The summed E-state index contributed by atoms with van der Waals surface area (Å²) in [6.07, 6.45) is 2.15. The highest BCUT2D eigenvalue weighted by molar-refractivity contribution is 7.91. The molecule has 2 N–H and O–H groups in total. The smallest absolute Gasteiger partial charge is 0.234 e. The van der Waals surface area contributed by atoms with Crippen molar-refractivity contribution in [1.82, 2.24) is 10.2 Å². The van der Waals surface area contributed by atoms with Gasteiger partial charge in [-0.2, -0.15) is 0 Å². The van der Waals surface area contributed by atoms with Gasteiger partial charge < -0.3 is 10.2 Å². The number of nitrogens with zero attached hydrogens (tertiary/aromatic N) is 2. The molecule has 6 nitrogen and oxygen atoms in total. The minimum atomic E-state index is -3.13. The average Bonchev–Trinajstić information content (AvgIpc) is 2.65. The van der Waals surface area contributed by atoms with Crippen LogP contribution in [0.3, 0.4) is 0 Å². The lowest BCUT2D eigenvalue weighted by Gasteiger charge is -2.18. The SMILES string of the molecule is CC(N)c1nnc(C2CCCCS2(=O)=O)o1. The van der Waals surface area contributed by atoms with Gasteiger partial charge in [0.05, 0.1) is 11.8 Å². The second kappa shape index (κ2) is 4.14. The molecule has 1 aromatic heterocycles. The maximum absolute atomic E-state index is 11.8. The van der Waals surface area contributed by atoms with Gasteiger partial charge in [-0.05, 0) is 19.8 Å². The van der Waals surface area contributed by atoms with Crippen molar-refractivity contribution in [3.63, 3.8) is 0 Å². The van der Waals surface area contributed by atoms with E-state index in [2.05, 4.69) is 10.2 Å². The van der Waals surface area contributed by atoms with Crippen LogP contribution in [0.4, 0.5) is 0 Å². The number of hydrogen-bond acceptors (Lipinski definition) is 6. The first-order chi connectivity index (χ1) is 7.50. The Morgan fingerprint density at radius 2 is 2.19 bits per heavy atom. The highest BCUT2D eigenvalue weighted by atomic mass is 32.2. The van der Waals surface area contributed by atoms with E-state index in [4.69, 9.17) is 10.2 Å². The fourth-order valence-electron chi connectivity index (χ4n) is 1.79. The molecule has 2 unspecified atom stereocenters. The van der Waals surface area contributed by atoms with Gasteiger partial charge in [-0.15, -0.1) is 10.2 Å². The predicted molar refractivity (Wildman–Crippen MR) is 57.3 cm³/mol. The Bertz CT molecular complexity index is 466. The summed E-state index contributed by atoms with van der Waals surface area (Å²) >= 11 is 0. The van der Waals surface area contributed by atoms with Crippen LogP contribution < -0.4 is 5.73 Å². The summed E-state index contributed by atoms with van der Waals surface area (Å²) in [6.45, 7) is 1.71. The van der Waals surface area contributed by atoms with E-state index in [0.717, 1.165) is 6.42 Å². The molecule has 1 aromatic rings. The van der Waals surface area contributed by atoms with E-state index in [1.807, 2.05) is 0 Å². The molecule has 0 radical (unpaired) electrons. The Kier molecular flexibility index (Phi) is 2.98. The van der Waals surface area contributed by atoms with E-state index in [0.29, 0.717) is 12.8 Å². The molecule has 1 aliphatic rings. The highest BCUT2D eigenvalue weighted by Crippen LogP contribution is 2.32. The lowest BCUT2D eigenvalue weighted by atomic mass is 10.2. The molecular weight excluding hydrogens is 230 g/mol. The standard InChI is InChI=1S/C9H15N3O3S/c1-6(10)8-11-12-9(15-8)7-4-2-3-5-16(7,13)14/h6-7H,2-5,10H2,1H3. The molecule has 7 heteroatoms. The Morgan fingerprint density at radius 1 is 1.44 bits per heavy atom. The number of hydrogen-bond donors (Lipinski definition) is 1. The molecule has 1 saturated heterocycles. The maximum Gasteiger partial charge on any atom is 0.234 e. The van der Waals surface area contributed by atoms with E-state index < -0.39 is 15.1 Å². The van der Waals surface area contributed by atoms with Crippen LogP contribution in [0.25, 0.3) is 0 Å². The summed E-state index contributed by atoms with van der Waals surface area (Å²) < 4.78 is 28.9. The number of nitrogens with two attached hydrogens (primary N) is 1. The summed E-state index contributed by atoms with van der Waals surface area (Å²) in [7, 11) is -3.13.